The summed E-state index contributed by atoms with van der Waals surface area (Å²) in [6.45, 7) is 5.88. The molecule has 32 heavy (non-hydrogen) atoms. The third-order valence-corrected chi connectivity index (χ3v) is 6.40. The van der Waals surface area contributed by atoms with E-state index in [4.69, 9.17) is 4.74 Å². The van der Waals surface area contributed by atoms with E-state index in [-0.39, 0.29) is 11.9 Å². The second kappa shape index (κ2) is 9.62. The van der Waals surface area contributed by atoms with Gasteiger partial charge >= 0.3 is 0 Å². The Labute approximate surface area is 191 Å². The Bertz CT molecular complexity index is 987. The zero-order chi connectivity index (χ0) is 22.7. The number of rotatable bonds is 7. The van der Waals surface area contributed by atoms with Crippen LogP contribution in [0.25, 0.3) is 0 Å². The van der Waals surface area contributed by atoms with E-state index in [9.17, 15) is 10.1 Å². The predicted octanol–water partition coefficient (Wildman–Crippen LogP) is 3.61. The average molecular weight is 433 g/mol. The smallest absolute Gasteiger partial charge is 0.244 e. The number of aryl methyl sites for hydroxylation is 1. The quantitative estimate of drug-likeness (QED) is 0.669. The molecular weight excluding hydrogens is 400 g/mol. The third kappa shape index (κ3) is 4.89. The Morgan fingerprint density at radius 1 is 1.16 bits per heavy atom. The van der Waals surface area contributed by atoms with Crippen LogP contribution in [-0.2, 0) is 4.79 Å². The maximum Gasteiger partial charge on any atom is 0.244 e. The van der Waals surface area contributed by atoms with Crippen molar-refractivity contribution in [2.45, 2.75) is 25.8 Å². The molecule has 1 amide bonds. The summed E-state index contributed by atoms with van der Waals surface area (Å²) in [6.07, 6.45) is 2.44. The van der Waals surface area contributed by atoms with Crippen molar-refractivity contribution in [3.05, 3.63) is 59.2 Å². The third-order valence-electron chi connectivity index (χ3n) is 6.40. The van der Waals surface area contributed by atoms with E-state index in [1.807, 2.05) is 57.4 Å². The summed E-state index contributed by atoms with van der Waals surface area (Å²) in [4.78, 5) is 19.3. The molecule has 2 aromatic rings. The first kappa shape index (κ1) is 22.2. The first-order chi connectivity index (χ1) is 15.5. The maximum atomic E-state index is 13.0. The molecule has 168 valence electrons. The van der Waals surface area contributed by atoms with Crippen molar-refractivity contribution in [2.75, 3.05) is 51.8 Å². The number of ether oxygens (including phenoxy) is 1. The lowest BCUT2D eigenvalue weighted by molar-refractivity contribution is -0.134. The Kier molecular flexibility index (Phi) is 6.66. The molecule has 2 aliphatic rings. The number of piperazine rings is 1. The number of nitrogens with zero attached hydrogens (tertiary/aromatic N) is 4. The zero-order valence-corrected chi connectivity index (χ0v) is 19.3. The molecule has 0 N–H and O–H groups in total. The highest BCUT2D eigenvalue weighted by Crippen LogP contribution is 2.34. The van der Waals surface area contributed by atoms with Crippen molar-refractivity contribution in [3.63, 3.8) is 0 Å². The fourth-order valence-corrected chi connectivity index (χ4v) is 4.30. The monoisotopic (exact) mass is 432 g/mol. The fraction of sp³-hybridized carbons (Fsp3) is 0.462. The number of nitriles is 1. The van der Waals surface area contributed by atoms with E-state index in [0.717, 1.165) is 43.0 Å². The minimum Gasteiger partial charge on any atom is -0.492 e. The number of amides is 1. The number of likely N-dealkylation sites (N-methyl/N-ethyl adjacent to an activating group) is 1. The molecule has 0 aromatic heterocycles. The van der Waals surface area contributed by atoms with Gasteiger partial charge in [-0.3, -0.25) is 9.69 Å². The van der Waals surface area contributed by atoms with Crippen molar-refractivity contribution in [1.29, 1.82) is 5.26 Å². The molecule has 1 aliphatic carbocycles. The van der Waals surface area contributed by atoms with Crippen LogP contribution in [0.2, 0.25) is 0 Å². The first-order valence-electron chi connectivity index (χ1n) is 11.4. The summed E-state index contributed by atoms with van der Waals surface area (Å²) in [5.74, 6) is 1.44. The Morgan fingerprint density at radius 3 is 2.44 bits per heavy atom. The maximum absolute atomic E-state index is 13.0. The van der Waals surface area contributed by atoms with Gasteiger partial charge in [0.2, 0.25) is 5.91 Å². The lowest BCUT2D eigenvalue weighted by atomic mass is 10.0. The van der Waals surface area contributed by atoms with Crippen molar-refractivity contribution in [3.8, 4) is 11.8 Å². The van der Waals surface area contributed by atoms with Crippen molar-refractivity contribution < 1.29 is 9.53 Å². The van der Waals surface area contributed by atoms with Crippen LogP contribution >= 0.6 is 0 Å². The van der Waals surface area contributed by atoms with Crippen LogP contribution in [0, 0.1) is 24.2 Å². The number of anilines is 1. The van der Waals surface area contributed by atoms with E-state index < -0.39 is 0 Å². The van der Waals surface area contributed by atoms with Crippen LogP contribution in [0.5, 0.6) is 5.75 Å². The van der Waals surface area contributed by atoms with Gasteiger partial charge in [0.05, 0.1) is 12.2 Å². The first-order valence-corrected chi connectivity index (χ1v) is 11.4. The van der Waals surface area contributed by atoms with Gasteiger partial charge in [-0.2, -0.15) is 5.26 Å². The molecule has 6 heteroatoms. The van der Waals surface area contributed by atoms with Crippen molar-refractivity contribution in [2.24, 2.45) is 5.92 Å². The number of hydrogen-bond acceptors (Lipinski definition) is 5. The number of carbonyl (C=O) groups excluding carboxylic acids is 1. The minimum atomic E-state index is -0.270. The second-order valence-corrected chi connectivity index (χ2v) is 9.07. The van der Waals surface area contributed by atoms with E-state index in [1.165, 1.54) is 12.8 Å². The molecule has 2 fully saturated rings. The Balaban J connectivity index is 1.50. The van der Waals surface area contributed by atoms with E-state index in [2.05, 4.69) is 21.9 Å². The van der Waals surface area contributed by atoms with E-state index in [0.29, 0.717) is 23.8 Å². The highest BCUT2D eigenvalue weighted by molar-refractivity contribution is 5.83. The lowest BCUT2D eigenvalue weighted by Crippen LogP contribution is -2.51. The lowest BCUT2D eigenvalue weighted by Gasteiger charge is -2.40. The van der Waals surface area contributed by atoms with Gasteiger partial charge in [-0.15, -0.1) is 0 Å². The topological polar surface area (TPSA) is 59.8 Å². The molecule has 0 spiro atoms. The molecular formula is C26H32N4O2. The molecule has 1 atom stereocenters. The van der Waals surface area contributed by atoms with Gasteiger partial charge in [-0.1, -0.05) is 30.3 Å². The van der Waals surface area contributed by atoms with E-state index >= 15 is 0 Å². The van der Waals surface area contributed by atoms with Gasteiger partial charge in [-0.05, 0) is 42.9 Å². The number of benzene rings is 2. The molecule has 1 unspecified atom stereocenters. The molecule has 1 aliphatic heterocycles. The van der Waals surface area contributed by atoms with Crippen LogP contribution in [0.3, 0.4) is 0 Å². The molecule has 0 radical (unpaired) electrons. The highest BCUT2D eigenvalue weighted by Gasteiger charge is 2.32. The summed E-state index contributed by atoms with van der Waals surface area (Å²) >= 11 is 0. The second-order valence-electron chi connectivity index (χ2n) is 9.07. The van der Waals surface area contributed by atoms with Gasteiger partial charge in [-0.25, -0.2) is 0 Å². The van der Waals surface area contributed by atoms with Gasteiger partial charge in [0.1, 0.15) is 17.9 Å². The summed E-state index contributed by atoms with van der Waals surface area (Å²) in [6, 6.07) is 16.2. The number of hydrogen-bond donors (Lipinski definition) is 0. The zero-order valence-electron chi connectivity index (χ0n) is 19.3. The predicted molar refractivity (Wildman–Crippen MR) is 126 cm³/mol. The molecule has 1 heterocycles. The van der Waals surface area contributed by atoms with E-state index in [1.54, 1.807) is 4.90 Å². The minimum absolute atomic E-state index is 0.106. The normalized spacial score (nSPS) is 17.5. The van der Waals surface area contributed by atoms with Gasteiger partial charge in [0.25, 0.3) is 0 Å². The van der Waals surface area contributed by atoms with Gasteiger partial charge in [0, 0.05) is 52.0 Å². The van der Waals surface area contributed by atoms with Crippen LogP contribution in [0.4, 0.5) is 5.69 Å². The van der Waals surface area contributed by atoms with Crippen LogP contribution in [0.1, 0.15) is 35.6 Å². The highest BCUT2D eigenvalue weighted by atomic mass is 16.5. The molecule has 0 bridgehead atoms. The molecule has 1 saturated carbocycles. The van der Waals surface area contributed by atoms with Crippen LogP contribution in [-0.4, -0.2) is 62.6 Å². The molecule has 6 nitrogen and oxygen atoms in total. The SMILES string of the molecule is Cc1cc(N2CCN(C(C(=O)N(C)C)c3ccccc3)CC2)cc(OCC2CC2)c1C#N. The van der Waals surface area contributed by atoms with Crippen LogP contribution < -0.4 is 9.64 Å². The summed E-state index contributed by atoms with van der Waals surface area (Å²) in [5, 5.41) is 9.60. The Morgan fingerprint density at radius 2 is 1.84 bits per heavy atom. The fourth-order valence-electron chi connectivity index (χ4n) is 4.30. The van der Waals surface area contributed by atoms with Crippen molar-refractivity contribution >= 4 is 11.6 Å². The standard InChI is InChI=1S/C26H32N4O2/c1-19-15-22(16-24(23(19)17-27)32-18-20-9-10-20)29-11-13-30(14-12-29)25(26(31)28(2)3)21-7-5-4-6-8-21/h4-8,15-16,20,25H,9-14,18H2,1-3H3. The van der Waals surface area contributed by atoms with Gasteiger partial charge in [0.15, 0.2) is 0 Å². The number of carbonyl (C=O) groups is 1. The largest absolute Gasteiger partial charge is 0.492 e. The summed E-state index contributed by atoms with van der Waals surface area (Å²) in [5.41, 5.74) is 3.70. The summed E-state index contributed by atoms with van der Waals surface area (Å²) < 4.78 is 6.03. The van der Waals surface area contributed by atoms with Crippen molar-refractivity contribution in [1.82, 2.24) is 9.80 Å². The average Bonchev–Trinajstić information content (AvgIpc) is 3.63. The molecule has 4 rings (SSSR count). The van der Waals surface area contributed by atoms with Gasteiger partial charge < -0.3 is 14.5 Å². The molecule has 2 aromatic carbocycles. The van der Waals surface area contributed by atoms with Crippen LogP contribution in [0.15, 0.2) is 42.5 Å². The molecule has 1 saturated heterocycles. The summed E-state index contributed by atoms with van der Waals surface area (Å²) in [7, 11) is 3.63. The Hall–Kier alpha value is -3.04.